The Hall–Kier alpha value is -2.80. The van der Waals surface area contributed by atoms with Gasteiger partial charge in [-0.05, 0) is 48.1 Å². The maximum Gasteiger partial charge on any atom is 0.254 e. The lowest BCUT2D eigenvalue weighted by molar-refractivity contribution is -0.132. The lowest BCUT2D eigenvalue weighted by Crippen LogP contribution is -2.41. The summed E-state index contributed by atoms with van der Waals surface area (Å²) in [4.78, 5) is 12.9. The summed E-state index contributed by atoms with van der Waals surface area (Å²) >= 11 is 0. The summed E-state index contributed by atoms with van der Waals surface area (Å²) in [7, 11) is 1.65. The van der Waals surface area contributed by atoms with E-state index in [1.807, 2.05) is 19.1 Å². The molecule has 0 radical (unpaired) electrons. The minimum absolute atomic E-state index is 0.0428. The number of nitrogens with one attached hydrogen (secondary N) is 3. The van der Waals surface area contributed by atoms with Gasteiger partial charge in [0.2, 0.25) is 0 Å². The van der Waals surface area contributed by atoms with Gasteiger partial charge in [-0.25, -0.2) is 0 Å². The Balaban J connectivity index is 1.70. The Morgan fingerprint density at radius 2 is 1.94 bits per heavy atom. The molecule has 1 saturated heterocycles. The largest absolute Gasteiger partial charge is 0.378 e. The van der Waals surface area contributed by atoms with Crippen LogP contribution in [0.25, 0.3) is 11.1 Å². The van der Waals surface area contributed by atoms with E-state index in [0.717, 1.165) is 45.5 Å². The van der Waals surface area contributed by atoms with Crippen molar-refractivity contribution in [3.63, 3.8) is 0 Å². The van der Waals surface area contributed by atoms with Crippen molar-refractivity contribution < 1.29 is 14.3 Å². The first-order valence-electron chi connectivity index (χ1n) is 11.5. The molecule has 33 heavy (non-hydrogen) atoms. The van der Waals surface area contributed by atoms with Crippen molar-refractivity contribution in [3.05, 3.63) is 70.4 Å². The van der Waals surface area contributed by atoms with Crippen molar-refractivity contribution in [2.75, 3.05) is 26.8 Å². The highest BCUT2D eigenvalue weighted by atomic mass is 16.5. The lowest BCUT2D eigenvalue weighted by atomic mass is 9.98. The first-order chi connectivity index (χ1) is 15.9. The van der Waals surface area contributed by atoms with Crippen LogP contribution in [0, 0.1) is 12.3 Å². The van der Waals surface area contributed by atoms with E-state index in [1.165, 1.54) is 6.21 Å². The molecule has 0 aliphatic carbocycles. The first kappa shape index (κ1) is 24.8. The number of aryl methyl sites for hydroxylation is 1. The normalized spacial score (nSPS) is 19.4. The second-order valence-corrected chi connectivity index (χ2v) is 8.53. The van der Waals surface area contributed by atoms with Crippen LogP contribution in [0.5, 0.6) is 0 Å². The summed E-state index contributed by atoms with van der Waals surface area (Å²) in [5, 5.41) is 13.8. The zero-order chi connectivity index (χ0) is 23.8. The Labute approximate surface area is 196 Å². The molecule has 0 aromatic heterocycles. The van der Waals surface area contributed by atoms with Crippen molar-refractivity contribution in [2.24, 2.45) is 0 Å². The number of hydrogen-bond donors (Lipinski definition) is 3. The Kier molecular flexibility index (Phi) is 8.95. The van der Waals surface area contributed by atoms with Gasteiger partial charge in [0, 0.05) is 38.5 Å². The third-order valence-electron chi connectivity index (χ3n) is 6.22. The van der Waals surface area contributed by atoms with Gasteiger partial charge >= 0.3 is 0 Å². The van der Waals surface area contributed by atoms with E-state index in [-0.39, 0.29) is 12.0 Å². The lowest BCUT2D eigenvalue weighted by Gasteiger charge is -2.19. The maximum absolute atomic E-state index is 12.9. The average Bonchev–Trinajstić information content (AvgIpc) is 3.09. The van der Waals surface area contributed by atoms with Gasteiger partial charge in [0.1, 0.15) is 6.10 Å². The summed E-state index contributed by atoms with van der Waals surface area (Å²) in [6, 6.07) is 14.6. The van der Waals surface area contributed by atoms with E-state index < -0.39 is 6.10 Å². The fourth-order valence-electron chi connectivity index (χ4n) is 3.82. The molecule has 176 valence electrons. The molecular weight excluding hydrogens is 414 g/mol. The van der Waals surface area contributed by atoms with Crippen molar-refractivity contribution in [2.45, 2.75) is 45.8 Å². The van der Waals surface area contributed by atoms with E-state index in [0.29, 0.717) is 26.1 Å². The molecule has 1 aliphatic heterocycles. The molecule has 6 nitrogen and oxygen atoms in total. The van der Waals surface area contributed by atoms with Crippen molar-refractivity contribution >= 4 is 12.1 Å². The number of allylic oxidation sites excluding steroid dienone is 2. The quantitative estimate of drug-likeness (QED) is 0.532. The Morgan fingerprint density at radius 1 is 1.21 bits per heavy atom. The Bertz CT molecular complexity index is 998. The average molecular weight is 450 g/mol. The molecule has 1 aliphatic rings. The predicted octanol–water partition coefficient (Wildman–Crippen LogP) is 4.01. The van der Waals surface area contributed by atoms with Gasteiger partial charge in [0.15, 0.2) is 0 Å². The number of benzene rings is 2. The van der Waals surface area contributed by atoms with E-state index in [2.05, 4.69) is 54.8 Å². The van der Waals surface area contributed by atoms with E-state index in [9.17, 15) is 4.79 Å². The number of rotatable bonds is 8. The second-order valence-electron chi connectivity index (χ2n) is 8.53. The van der Waals surface area contributed by atoms with Gasteiger partial charge in [-0.3, -0.25) is 4.79 Å². The standard InChI is InChI=1S/C27H35N3O3/c1-5-18(2)25(30-27(31)26-16-29-15-24(32-4)17-33-26)13-20-6-8-21(9-7-20)22-10-11-23(14-28)19(3)12-22/h6-12,14,24,26,28-29H,5,13,15-17H2,1-4H3,(H,30,31). The van der Waals surface area contributed by atoms with Crippen LogP contribution in [0.15, 0.2) is 53.7 Å². The van der Waals surface area contributed by atoms with Crippen LogP contribution in [0.4, 0.5) is 0 Å². The molecule has 3 rings (SSSR count). The topological polar surface area (TPSA) is 83.4 Å². The molecule has 2 aromatic carbocycles. The van der Waals surface area contributed by atoms with E-state index in [4.69, 9.17) is 14.9 Å². The molecule has 0 saturated carbocycles. The van der Waals surface area contributed by atoms with Crippen molar-refractivity contribution in [1.29, 1.82) is 5.41 Å². The molecule has 1 fully saturated rings. The minimum Gasteiger partial charge on any atom is -0.378 e. The number of hydrogen-bond acceptors (Lipinski definition) is 5. The van der Waals surface area contributed by atoms with Crippen LogP contribution in [0.2, 0.25) is 0 Å². The molecule has 2 unspecified atom stereocenters. The van der Waals surface area contributed by atoms with Crippen molar-refractivity contribution in [3.8, 4) is 11.1 Å². The SMILES string of the molecule is CCC(C)=C(Cc1ccc(-c2ccc(C=N)c(C)c2)cc1)NC(=O)C1CNCC(OC)CO1. The smallest absolute Gasteiger partial charge is 0.254 e. The number of methoxy groups -OCH3 is 1. The molecule has 6 heteroatoms. The Morgan fingerprint density at radius 3 is 2.58 bits per heavy atom. The van der Waals surface area contributed by atoms with Gasteiger partial charge in [-0.1, -0.05) is 55.0 Å². The second kappa shape index (κ2) is 11.9. The van der Waals surface area contributed by atoms with Crippen LogP contribution in [0.3, 0.4) is 0 Å². The molecule has 2 aromatic rings. The first-order valence-corrected chi connectivity index (χ1v) is 11.5. The van der Waals surface area contributed by atoms with E-state index in [1.54, 1.807) is 7.11 Å². The van der Waals surface area contributed by atoms with Crippen LogP contribution < -0.4 is 10.6 Å². The van der Waals surface area contributed by atoms with Crippen molar-refractivity contribution in [1.82, 2.24) is 10.6 Å². The fourth-order valence-corrected chi connectivity index (χ4v) is 3.82. The molecule has 0 bridgehead atoms. The van der Waals surface area contributed by atoms with Gasteiger partial charge in [-0.15, -0.1) is 0 Å². The molecule has 3 N–H and O–H groups in total. The van der Waals surface area contributed by atoms with Crippen LogP contribution in [-0.4, -0.2) is 51.1 Å². The van der Waals surface area contributed by atoms with Crippen LogP contribution in [-0.2, 0) is 20.7 Å². The molecular formula is C27H35N3O3. The molecule has 0 spiro atoms. The third kappa shape index (κ3) is 6.60. The highest BCUT2D eigenvalue weighted by molar-refractivity contribution is 5.83. The van der Waals surface area contributed by atoms with Crippen LogP contribution >= 0.6 is 0 Å². The number of carbonyl (C=O) groups is 1. The maximum atomic E-state index is 12.9. The summed E-state index contributed by atoms with van der Waals surface area (Å²) in [6.07, 6.45) is 2.31. The van der Waals surface area contributed by atoms with Crippen LogP contribution in [0.1, 0.15) is 37.0 Å². The highest BCUT2D eigenvalue weighted by Gasteiger charge is 2.25. The molecule has 2 atom stereocenters. The molecule has 1 heterocycles. The summed E-state index contributed by atoms with van der Waals surface area (Å²) in [6.45, 7) is 7.72. The van der Waals surface area contributed by atoms with Gasteiger partial charge in [0.25, 0.3) is 5.91 Å². The summed E-state index contributed by atoms with van der Waals surface area (Å²) < 4.78 is 11.1. The predicted molar refractivity (Wildman–Crippen MR) is 133 cm³/mol. The van der Waals surface area contributed by atoms with Gasteiger partial charge < -0.3 is 25.5 Å². The monoisotopic (exact) mass is 449 g/mol. The third-order valence-corrected chi connectivity index (χ3v) is 6.22. The zero-order valence-corrected chi connectivity index (χ0v) is 20.0. The summed E-state index contributed by atoms with van der Waals surface area (Å²) in [5.74, 6) is -0.125. The number of ether oxygens (including phenoxy) is 2. The molecule has 1 amide bonds. The van der Waals surface area contributed by atoms with E-state index >= 15 is 0 Å². The minimum atomic E-state index is -0.542. The highest BCUT2D eigenvalue weighted by Crippen LogP contribution is 2.23. The van der Waals surface area contributed by atoms with Gasteiger partial charge in [-0.2, -0.15) is 0 Å². The fraction of sp³-hybridized carbons (Fsp3) is 0.407. The number of carbonyl (C=O) groups excluding carboxylic acids is 1. The zero-order valence-electron chi connectivity index (χ0n) is 20.0. The summed E-state index contributed by atoms with van der Waals surface area (Å²) in [5.41, 5.74) is 7.50. The van der Waals surface area contributed by atoms with Gasteiger partial charge in [0.05, 0.1) is 12.7 Å². The number of amides is 1.